The van der Waals surface area contributed by atoms with E-state index in [1.165, 1.54) is 16.9 Å². The molecule has 0 saturated carbocycles. The van der Waals surface area contributed by atoms with Crippen molar-refractivity contribution in [3.05, 3.63) is 69.1 Å². The number of alkyl halides is 3. The number of carbonyl (C=O) groups is 1. The Labute approximate surface area is 169 Å². The van der Waals surface area contributed by atoms with Crippen molar-refractivity contribution in [3.8, 4) is 0 Å². The Morgan fingerprint density at radius 1 is 1.17 bits per heavy atom. The Bertz CT molecular complexity index is 1310. The summed E-state index contributed by atoms with van der Waals surface area (Å²) in [6.45, 7) is -0.240. The topological polar surface area (TPSA) is 77.1 Å². The van der Waals surface area contributed by atoms with Gasteiger partial charge in [-0.15, -0.1) is 0 Å². The molecule has 0 atom stereocenters. The molecular formula is C19H11BrF3N3O3. The largest absolute Gasteiger partial charge is 0.422 e. The van der Waals surface area contributed by atoms with Gasteiger partial charge in [0.05, 0.1) is 17.3 Å². The zero-order valence-electron chi connectivity index (χ0n) is 14.5. The third-order valence-electron chi connectivity index (χ3n) is 4.26. The van der Waals surface area contributed by atoms with E-state index in [-0.39, 0.29) is 22.1 Å². The van der Waals surface area contributed by atoms with Crippen molar-refractivity contribution in [2.75, 3.05) is 5.32 Å². The summed E-state index contributed by atoms with van der Waals surface area (Å²) in [7, 11) is 0. The fourth-order valence-corrected chi connectivity index (χ4v) is 3.61. The van der Waals surface area contributed by atoms with Crippen molar-refractivity contribution in [2.24, 2.45) is 0 Å². The van der Waals surface area contributed by atoms with Crippen LogP contribution in [-0.2, 0) is 17.5 Å². The number of nitrogens with one attached hydrogen (secondary N) is 1. The molecule has 0 aliphatic rings. The molecule has 4 aromatic rings. The van der Waals surface area contributed by atoms with Gasteiger partial charge in [0.1, 0.15) is 17.5 Å². The van der Waals surface area contributed by atoms with Crippen LogP contribution in [0, 0.1) is 0 Å². The number of hydrogen-bond acceptors (Lipinski definition) is 4. The maximum absolute atomic E-state index is 12.8. The quantitative estimate of drug-likeness (QED) is 0.449. The van der Waals surface area contributed by atoms with Crippen LogP contribution in [0.15, 0.2) is 62.3 Å². The van der Waals surface area contributed by atoms with Crippen molar-refractivity contribution in [1.82, 2.24) is 9.78 Å². The second-order valence-corrected chi connectivity index (χ2v) is 7.05. The molecule has 10 heteroatoms. The molecule has 0 saturated heterocycles. The lowest BCUT2D eigenvalue weighted by Crippen LogP contribution is -2.20. The number of carbonyl (C=O) groups excluding carboxylic acids is 1. The van der Waals surface area contributed by atoms with Gasteiger partial charge in [-0.25, -0.2) is 4.79 Å². The highest BCUT2D eigenvalue weighted by Gasteiger charge is 2.32. The molecule has 4 rings (SSSR count). The highest BCUT2D eigenvalue weighted by atomic mass is 79.9. The smallest absolute Gasteiger partial charge is 0.417 e. The Kier molecular flexibility index (Phi) is 4.65. The van der Waals surface area contributed by atoms with Gasteiger partial charge in [0.25, 0.3) is 0 Å². The summed E-state index contributed by atoms with van der Waals surface area (Å²) in [5.74, 6) is -0.515. The number of hydrogen-bond donors (Lipinski definition) is 1. The summed E-state index contributed by atoms with van der Waals surface area (Å²) < 4.78 is 44.9. The lowest BCUT2D eigenvalue weighted by Gasteiger charge is -2.11. The monoisotopic (exact) mass is 465 g/mol. The normalized spacial score (nSPS) is 11.9. The number of fused-ring (bicyclic) bond motifs is 3. The van der Waals surface area contributed by atoms with Gasteiger partial charge in [0.15, 0.2) is 0 Å². The highest BCUT2D eigenvalue weighted by molar-refractivity contribution is 9.10. The first-order valence-corrected chi connectivity index (χ1v) is 9.07. The Hall–Kier alpha value is -3.14. The van der Waals surface area contributed by atoms with E-state index in [2.05, 4.69) is 26.3 Å². The summed E-state index contributed by atoms with van der Waals surface area (Å²) in [6.07, 6.45) is -3.19. The lowest BCUT2D eigenvalue weighted by atomic mass is 10.2. The van der Waals surface area contributed by atoms with Gasteiger partial charge >= 0.3 is 11.8 Å². The van der Waals surface area contributed by atoms with Crippen LogP contribution in [0.5, 0.6) is 0 Å². The first-order chi connectivity index (χ1) is 13.7. The summed E-state index contributed by atoms with van der Waals surface area (Å²) in [6, 6.07) is 10.1. The van der Waals surface area contributed by atoms with E-state index in [9.17, 15) is 22.8 Å². The van der Waals surface area contributed by atoms with Crippen molar-refractivity contribution < 1.29 is 22.4 Å². The van der Waals surface area contributed by atoms with Crippen LogP contribution >= 0.6 is 15.9 Å². The lowest BCUT2D eigenvalue weighted by molar-refractivity contribution is -0.138. The number of para-hydroxylation sites is 1. The van der Waals surface area contributed by atoms with Crippen LogP contribution in [-0.4, -0.2) is 15.7 Å². The molecule has 0 radical (unpaired) electrons. The Morgan fingerprint density at radius 2 is 1.93 bits per heavy atom. The molecule has 1 amide bonds. The second kappa shape index (κ2) is 7.03. The van der Waals surface area contributed by atoms with Gasteiger partial charge < -0.3 is 9.73 Å². The van der Waals surface area contributed by atoms with Crippen molar-refractivity contribution in [1.29, 1.82) is 0 Å². The maximum atomic E-state index is 12.8. The van der Waals surface area contributed by atoms with Gasteiger partial charge in [-0.05, 0) is 30.3 Å². The van der Waals surface area contributed by atoms with E-state index in [0.717, 1.165) is 12.1 Å². The Morgan fingerprint density at radius 3 is 2.66 bits per heavy atom. The minimum atomic E-state index is -4.50. The molecule has 0 bridgehead atoms. The molecule has 0 aliphatic carbocycles. The first-order valence-electron chi connectivity index (χ1n) is 8.28. The zero-order valence-corrected chi connectivity index (χ0v) is 16.0. The van der Waals surface area contributed by atoms with Crippen LogP contribution in [0.4, 0.5) is 18.9 Å². The zero-order chi connectivity index (χ0) is 20.8. The number of benzene rings is 2. The van der Waals surface area contributed by atoms with Crippen molar-refractivity contribution in [2.45, 2.75) is 12.7 Å². The van der Waals surface area contributed by atoms with Gasteiger partial charge in [0, 0.05) is 15.5 Å². The highest BCUT2D eigenvalue weighted by Crippen LogP contribution is 2.36. The van der Waals surface area contributed by atoms with E-state index in [4.69, 9.17) is 4.42 Å². The number of halogens is 4. The fourth-order valence-electron chi connectivity index (χ4n) is 3.00. The molecule has 0 spiro atoms. The molecule has 29 heavy (non-hydrogen) atoms. The average Bonchev–Trinajstić information content (AvgIpc) is 3.05. The van der Waals surface area contributed by atoms with Crippen LogP contribution < -0.4 is 10.9 Å². The molecular weight excluding hydrogens is 455 g/mol. The molecule has 2 aromatic carbocycles. The van der Waals surface area contributed by atoms with Crippen LogP contribution in [0.3, 0.4) is 0 Å². The molecule has 0 fully saturated rings. The van der Waals surface area contributed by atoms with Crippen LogP contribution in [0.2, 0.25) is 0 Å². The molecule has 1 N–H and O–H groups in total. The number of aromatic nitrogens is 2. The summed E-state index contributed by atoms with van der Waals surface area (Å²) >= 11 is 2.87. The minimum Gasteiger partial charge on any atom is -0.422 e. The van der Waals surface area contributed by atoms with Gasteiger partial charge in [-0.3, -0.25) is 9.48 Å². The minimum absolute atomic E-state index is 0.184. The maximum Gasteiger partial charge on any atom is 0.417 e. The van der Waals surface area contributed by atoms with E-state index in [1.54, 1.807) is 24.3 Å². The summed E-state index contributed by atoms with van der Waals surface area (Å²) in [4.78, 5) is 24.5. The van der Waals surface area contributed by atoms with Gasteiger partial charge in [-0.2, -0.15) is 18.3 Å². The van der Waals surface area contributed by atoms with Crippen LogP contribution in [0.25, 0.3) is 21.9 Å². The summed E-state index contributed by atoms with van der Waals surface area (Å²) in [5, 5.41) is 7.46. The number of nitrogens with zero attached hydrogens (tertiary/aromatic N) is 2. The molecule has 2 heterocycles. The standard InChI is InChI=1S/C19H11BrF3N3O3/c20-14-7-10(5-6-13(14)19(21,22)23)25-16(27)9-26-17-11-3-1-2-4-15(11)29-18(28)12(17)8-24-26/h1-8H,9H2,(H,25,27). The van der Waals surface area contributed by atoms with E-state index >= 15 is 0 Å². The first kappa shape index (κ1) is 19.2. The Balaban J connectivity index is 1.63. The number of anilines is 1. The molecule has 0 aliphatic heterocycles. The van der Waals surface area contributed by atoms with Gasteiger partial charge in [-0.1, -0.05) is 28.1 Å². The van der Waals surface area contributed by atoms with E-state index < -0.39 is 23.3 Å². The third-order valence-corrected chi connectivity index (χ3v) is 4.91. The van der Waals surface area contributed by atoms with Crippen molar-refractivity contribution >= 4 is 49.4 Å². The van der Waals surface area contributed by atoms with E-state index in [1.807, 2.05) is 0 Å². The van der Waals surface area contributed by atoms with Gasteiger partial charge in [0.2, 0.25) is 5.91 Å². The third kappa shape index (κ3) is 3.63. The predicted octanol–water partition coefficient (Wildman–Crippen LogP) is 4.56. The van der Waals surface area contributed by atoms with E-state index in [0.29, 0.717) is 16.5 Å². The summed E-state index contributed by atoms with van der Waals surface area (Å²) in [5.41, 5.74) is -0.418. The van der Waals surface area contributed by atoms with Crippen LogP contribution in [0.1, 0.15) is 5.56 Å². The molecule has 148 valence electrons. The number of rotatable bonds is 3. The molecule has 2 aromatic heterocycles. The number of amides is 1. The molecule has 6 nitrogen and oxygen atoms in total. The van der Waals surface area contributed by atoms with Crippen molar-refractivity contribution in [3.63, 3.8) is 0 Å². The fraction of sp³-hybridized carbons (Fsp3) is 0.105. The predicted molar refractivity (Wildman–Crippen MR) is 104 cm³/mol. The SMILES string of the molecule is O=C(Cn1ncc2c(=O)oc3ccccc3c21)Nc1ccc(C(F)(F)F)c(Br)c1. The molecule has 0 unspecified atom stereocenters. The second-order valence-electron chi connectivity index (χ2n) is 6.19. The average molecular weight is 466 g/mol.